The second-order valence-electron chi connectivity index (χ2n) is 4.01. The van der Waals surface area contributed by atoms with Crippen LogP contribution in [-0.2, 0) is 15.1 Å². The zero-order chi connectivity index (χ0) is 17.7. The Balaban J connectivity index is 0.000000412. The molecule has 0 saturated carbocycles. The zero-order valence-corrected chi connectivity index (χ0v) is 17.6. The molecule has 2 rings (SSSR count). The van der Waals surface area contributed by atoms with E-state index in [1.54, 1.807) is 6.07 Å². The van der Waals surface area contributed by atoms with Crippen LogP contribution in [0.3, 0.4) is 0 Å². The monoisotopic (exact) mass is 425 g/mol. The van der Waals surface area contributed by atoms with Crippen LogP contribution in [0, 0.1) is 0 Å². The van der Waals surface area contributed by atoms with Crippen molar-refractivity contribution in [2.24, 2.45) is 11.5 Å². The van der Waals surface area contributed by atoms with Crippen LogP contribution in [0.1, 0.15) is 10.4 Å². The Kier molecular flexibility index (Phi) is 12.9. The predicted octanol–water partition coefficient (Wildman–Crippen LogP) is 2.13. The number of carbonyl (C=O) groups is 1. The van der Waals surface area contributed by atoms with Crippen molar-refractivity contribution in [3.05, 3.63) is 48.0 Å². The summed E-state index contributed by atoms with van der Waals surface area (Å²) in [6.45, 7) is 0.507. The van der Waals surface area contributed by atoms with E-state index in [4.69, 9.17) is 36.0 Å². The number of aliphatic hydroxyl groups is 1. The summed E-state index contributed by atoms with van der Waals surface area (Å²) in [7, 11) is 9.90. The van der Waals surface area contributed by atoms with E-state index in [2.05, 4.69) is 17.5 Å². The van der Waals surface area contributed by atoms with E-state index in [0.717, 1.165) is 10.8 Å². The number of benzene rings is 2. The zero-order valence-electron chi connectivity index (χ0n) is 12.3. The summed E-state index contributed by atoms with van der Waals surface area (Å²) in [5.74, 6) is -0.378. The van der Waals surface area contributed by atoms with Crippen molar-refractivity contribution in [3.63, 3.8) is 0 Å². The summed E-state index contributed by atoms with van der Waals surface area (Å²) in [6.07, 6.45) is 0. The first-order valence-corrected chi connectivity index (χ1v) is 14.7. The van der Waals surface area contributed by atoms with Crippen LogP contribution in [0.15, 0.2) is 42.5 Å². The summed E-state index contributed by atoms with van der Waals surface area (Å²) >= 11 is 3.49. The van der Waals surface area contributed by atoms with Gasteiger partial charge in [0.15, 0.2) is 5.11 Å². The molecule has 0 atom stereocenters. The molecule has 0 aromatic heterocycles. The Morgan fingerprint density at radius 1 is 1.17 bits per heavy atom. The summed E-state index contributed by atoms with van der Waals surface area (Å²) in [6, 6.07) is 13.2. The minimum absolute atomic E-state index is 0.0668. The van der Waals surface area contributed by atoms with Crippen molar-refractivity contribution in [2.45, 2.75) is 0 Å². The molecule has 0 saturated heterocycles. The molecule has 0 aliphatic rings. The number of carbonyl (C=O) groups excluding carboxylic acids is 1. The minimum atomic E-state index is -0.931. The van der Waals surface area contributed by atoms with Crippen molar-refractivity contribution in [2.75, 3.05) is 13.2 Å². The third kappa shape index (κ3) is 9.69. The first-order valence-electron chi connectivity index (χ1n) is 6.51. The van der Waals surface area contributed by atoms with E-state index in [9.17, 15) is 4.79 Å². The summed E-state index contributed by atoms with van der Waals surface area (Å²) in [5, 5.41) is 12.9. The van der Waals surface area contributed by atoms with Crippen molar-refractivity contribution < 1.29 is 25.0 Å². The molecule has 0 fully saturated rings. The average molecular weight is 428 g/mol. The number of nitrogens with two attached hydrogens (primary N) is 2. The van der Waals surface area contributed by atoms with Crippen molar-refractivity contribution >= 4 is 53.4 Å². The third-order valence-corrected chi connectivity index (χ3v) is 2.61. The average Bonchev–Trinajstić information content (AvgIpc) is 2.53. The Hall–Kier alpha value is -0.977. The molecule has 0 aliphatic heterocycles. The van der Waals surface area contributed by atoms with Crippen molar-refractivity contribution in [1.82, 2.24) is 5.32 Å². The van der Waals surface area contributed by atoms with Crippen LogP contribution >= 0.6 is 31.6 Å². The molecular formula is C14H17Cl2N3O2SZn. The quantitative estimate of drug-likeness (QED) is 0.444. The number of primary amides is 1. The molecule has 0 unspecified atom stereocenters. The Morgan fingerprint density at radius 3 is 2.22 bits per heavy atom. The van der Waals surface area contributed by atoms with E-state index < -0.39 is 15.1 Å². The maximum absolute atomic E-state index is 11.0. The number of hydrogen-bond donors (Lipinski definition) is 4. The molecule has 0 aliphatic carbocycles. The van der Waals surface area contributed by atoms with Crippen molar-refractivity contribution in [3.8, 4) is 0 Å². The van der Waals surface area contributed by atoms with Crippen LogP contribution in [0.25, 0.3) is 10.8 Å². The molecule has 1 amide bonds. The number of halogens is 2. The number of aliphatic hydroxyl groups excluding tert-OH is 1. The fourth-order valence-corrected chi connectivity index (χ4v) is 1.72. The van der Waals surface area contributed by atoms with Gasteiger partial charge in [-0.05, 0) is 29.1 Å². The van der Waals surface area contributed by atoms with Crippen LogP contribution in [0.2, 0.25) is 0 Å². The van der Waals surface area contributed by atoms with Gasteiger partial charge in [-0.3, -0.25) is 4.79 Å². The van der Waals surface area contributed by atoms with Gasteiger partial charge in [-0.2, -0.15) is 0 Å². The molecule has 9 heteroatoms. The molecular weight excluding hydrogens is 411 g/mol. The number of thiocarbonyl (C=S) groups is 1. The normalized spacial score (nSPS) is 8.65. The number of fused-ring (bicyclic) bond motifs is 1. The molecule has 6 N–H and O–H groups in total. The fraction of sp³-hybridized carbons (Fsp3) is 0.143. The van der Waals surface area contributed by atoms with E-state index >= 15 is 0 Å². The summed E-state index contributed by atoms with van der Waals surface area (Å²) in [5.41, 5.74) is 10.8. The molecule has 122 valence electrons. The number of amides is 1. The van der Waals surface area contributed by atoms with E-state index in [1.807, 2.05) is 36.4 Å². The number of hydrogen-bond acceptors (Lipinski definition) is 3. The molecule has 23 heavy (non-hydrogen) atoms. The topological polar surface area (TPSA) is 101 Å². The van der Waals surface area contributed by atoms with E-state index in [1.165, 1.54) is 0 Å². The van der Waals surface area contributed by atoms with Gasteiger partial charge in [-0.1, -0.05) is 36.4 Å². The van der Waals surface area contributed by atoms with Gasteiger partial charge in [-0.15, -0.1) is 0 Å². The summed E-state index contributed by atoms with van der Waals surface area (Å²) in [4.78, 5) is 11.0. The first-order chi connectivity index (χ1) is 11.0. The molecule has 0 heterocycles. The third-order valence-electron chi connectivity index (χ3n) is 2.47. The van der Waals surface area contributed by atoms with Gasteiger partial charge in [0, 0.05) is 12.1 Å². The van der Waals surface area contributed by atoms with E-state index in [-0.39, 0.29) is 17.6 Å². The Labute approximate surface area is 156 Å². The van der Waals surface area contributed by atoms with Crippen LogP contribution < -0.4 is 16.8 Å². The standard InChI is InChI=1S/C11H9NO.C3H8N2OS.2ClH.Zn/c12-11(13)10-7-3-5-8-4-1-2-6-9(8)10;4-3(7)5-1-2-6;;;/h1-7H,(H2,12,13);6H,1-2H2,(H3,4,5,7);2*1H;/q;;;;+2/p-2. The van der Waals surface area contributed by atoms with Gasteiger partial charge in [-0.25, -0.2) is 0 Å². The van der Waals surface area contributed by atoms with Gasteiger partial charge in [0.1, 0.15) is 0 Å². The fourth-order valence-electron chi connectivity index (χ4n) is 1.62. The number of rotatable bonds is 3. The number of nitrogens with one attached hydrogen (secondary N) is 1. The van der Waals surface area contributed by atoms with Gasteiger partial charge >= 0.3 is 34.5 Å². The van der Waals surface area contributed by atoms with Crippen LogP contribution in [0.5, 0.6) is 0 Å². The summed E-state index contributed by atoms with van der Waals surface area (Å²) < 4.78 is 0. The van der Waals surface area contributed by atoms with Gasteiger partial charge in [0.2, 0.25) is 5.91 Å². The van der Waals surface area contributed by atoms with Gasteiger partial charge in [0.25, 0.3) is 0 Å². The SMILES string of the molecule is NC(=O)c1cccc2ccccc12.NC(=S)NCCO.[Cl][Zn][Cl]. The maximum atomic E-state index is 11.0. The van der Waals surface area contributed by atoms with Gasteiger partial charge < -0.3 is 21.9 Å². The molecule has 2 aromatic carbocycles. The molecule has 2 aromatic rings. The van der Waals surface area contributed by atoms with E-state index in [0.29, 0.717) is 12.1 Å². The van der Waals surface area contributed by atoms with Crippen LogP contribution in [0.4, 0.5) is 0 Å². The molecule has 0 radical (unpaired) electrons. The molecule has 0 spiro atoms. The second-order valence-corrected chi connectivity index (χ2v) is 9.07. The Morgan fingerprint density at radius 2 is 1.74 bits per heavy atom. The first kappa shape index (κ1) is 22.0. The molecule has 0 bridgehead atoms. The molecule has 5 nitrogen and oxygen atoms in total. The predicted molar refractivity (Wildman–Crippen MR) is 96.0 cm³/mol. The Bertz CT molecular complexity index is 626. The van der Waals surface area contributed by atoms with Gasteiger partial charge in [0.05, 0.1) is 6.61 Å². The van der Waals surface area contributed by atoms with Crippen molar-refractivity contribution in [1.29, 1.82) is 0 Å². The second kappa shape index (κ2) is 13.5. The van der Waals surface area contributed by atoms with Crippen LogP contribution in [-0.4, -0.2) is 29.3 Å².